The summed E-state index contributed by atoms with van der Waals surface area (Å²) in [5.41, 5.74) is 8.47. The van der Waals surface area contributed by atoms with Crippen LogP contribution in [0.3, 0.4) is 0 Å². The first-order valence-electron chi connectivity index (χ1n) is 4.20. The lowest BCUT2D eigenvalue weighted by atomic mass is 10.1. The summed E-state index contributed by atoms with van der Waals surface area (Å²) in [5.74, 6) is 0.584. The lowest BCUT2D eigenvalue weighted by Gasteiger charge is -2.04. The average Bonchev–Trinajstić information content (AvgIpc) is 2.14. The lowest BCUT2D eigenvalue weighted by molar-refractivity contribution is 1.32. The molecule has 0 aromatic heterocycles. The van der Waals surface area contributed by atoms with Gasteiger partial charge in [-0.05, 0) is 37.1 Å². The SMILES string of the molecule is Cc1cc(Cl)c(N=C(N)CCl)cc1C. The molecule has 0 saturated heterocycles. The number of rotatable bonds is 2. The molecule has 0 aliphatic rings. The molecular formula is C10H12Cl2N2. The van der Waals surface area contributed by atoms with Gasteiger partial charge in [0.15, 0.2) is 0 Å². The third-order valence-electron chi connectivity index (χ3n) is 1.96. The van der Waals surface area contributed by atoms with Gasteiger partial charge in [-0.2, -0.15) is 0 Å². The topological polar surface area (TPSA) is 38.4 Å². The summed E-state index contributed by atoms with van der Waals surface area (Å²) in [6.45, 7) is 4.00. The average molecular weight is 231 g/mol. The number of aliphatic imine (C=N–C) groups is 1. The molecule has 0 radical (unpaired) electrons. The summed E-state index contributed by atoms with van der Waals surface area (Å²) < 4.78 is 0. The van der Waals surface area contributed by atoms with Crippen molar-refractivity contribution in [3.05, 3.63) is 28.3 Å². The van der Waals surface area contributed by atoms with Crippen LogP contribution in [0.1, 0.15) is 11.1 Å². The minimum Gasteiger partial charge on any atom is -0.386 e. The standard InChI is InChI=1S/C10H12Cl2N2/c1-6-3-8(12)9(4-7(6)2)14-10(13)5-11/h3-4H,5H2,1-2H3,(H2,13,14). The van der Waals surface area contributed by atoms with Crippen molar-refractivity contribution in [3.8, 4) is 0 Å². The fourth-order valence-corrected chi connectivity index (χ4v) is 1.36. The van der Waals surface area contributed by atoms with Gasteiger partial charge in [0.2, 0.25) is 0 Å². The molecule has 2 nitrogen and oxygen atoms in total. The maximum absolute atomic E-state index is 6.00. The number of hydrogen-bond acceptors (Lipinski definition) is 1. The predicted molar refractivity (Wildman–Crippen MR) is 62.9 cm³/mol. The normalized spacial score (nSPS) is 11.9. The fraction of sp³-hybridized carbons (Fsp3) is 0.300. The van der Waals surface area contributed by atoms with Crippen molar-refractivity contribution in [2.24, 2.45) is 10.7 Å². The van der Waals surface area contributed by atoms with Crippen LogP contribution in [0.15, 0.2) is 17.1 Å². The van der Waals surface area contributed by atoms with Crippen molar-refractivity contribution in [2.75, 3.05) is 5.88 Å². The second-order valence-corrected chi connectivity index (χ2v) is 3.80. The first kappa shape index (κ1) is 11.3. The number of hydrogen-bond donors (Lipinski definition) is 1. The van der Waals surface area contributed by atoms with E-state index in [0.717, 1.165) is 11.1 Å². The number of amidine groups is 1. The van der Waals surface area contributed by atoms with Gasteiger partial charge in [0.1, 0.15) is 5.84 Å². The molecule has 0 saturated carbocycles. The molecule has 1 aromatic rings. The molecule has 0 fully saturated rings. The Morgan fingerprint density at radius 1 is 1.36 bits per heavy atom. The Balaban J connectivity index is 3.16. The van der Waals surface area contributed by atoms with Crippen LogP contribution in [0.5, 0.6) is 0 Å². The molecule has 0 heterocycles. The van der Waals surface area contributed by atoms with Gasteiger partial charge in [0.25, 0.3) is 0 Å². The highest BCUT2D eigenvalue weighted by atomic mass is 35.5. The van der Waals surface area contributed by atoms with Crippen LogP contribution in [0.2, 0.25) is 5.02 Å². The molecule has 1 aromatic carbocycles. The Kier molecular flexibility index (Phi) is 3.78. The second kappa shape index (κ2) is 4.67. The maximum Gasteiger partial charge on any atom is 0.115 e. The number of alkyl halides is 1. The van der Waals surface area contributed by atoms with Gasteiger partial charge in [-0.1, -0.05) is 11.6 Å². The molecule has 76 valence electrons. The Morgan fingerprint density at radius 2 is 1.93 bits per heavy atom. The molecule has 0 aliphatic carbocycles. The van der Waals surface area contributed by atoms with E-state index in [4.69, 9.17) is 28.9 Å². The number of nitrogens with zero attached hydrogens (tertiary/aromatic N) is 1. The zero-order valence-corrected chi connectivity index (χ0v) is 9.65. The van der Waals surface area contributed by atoms with Gasteiger partial charge in [-0.25, -0.2) is 4.99 Å². The maximum atomic E-state index is 6.00. The third-order valence-corrected chi connectivity index (χ3v) is 2.54. The molecule has 0 atom stereocenters. The number of benzene rings is 1. The van der Waals surface area contributed by atoms with Crippen molar-refractivity contribution in [2.45, 2.75) is 13.8 Å². The highest BCUT2D eigenvalue weighted by molar-refractivity contribution is 6.33. The molecule has 0 aliphatic heterocycles. The van der Waals surface area contributed by atoms with E-state index in [2.05, 4.69) is 4.99 Å². The minimum absolute atomic E-state index is 0.212. The number of aryl methyl sites for hydroxylation is 2. The third kappa shape index (κ3) is 2.63. The predicted octanol–water partition coefficient (Wildman–Crippen LogP) is 3.18. The molecule has 4 heteroatoms. The van der Waals surface area contributed by atoms with Crippen molar-refractivity contribution >= 4 is 34.7 Å². The Bertz CT molecular complexity index is 373. The summed E-state index contributed by atoms with van der Waals surface area (Å²) in [7, 11) is 0. The minimum atomic E-state index is 0.212. The van der Waals surface area contributed by atoms with Crippen molar-refractivity contribution in [1.82, 2.24) is 0 Å². The highest BCUT2D eigenvalue weighted by Gasteiger charge is 2.02. The van der Waals surface area contributed by atoms with Crippen LogP contribution >= 0.6 is 23.2 Å². The zero-order chi connectivity index (χ0) is 10.7. The van der Waals surface area contributed by atoms with E-state index in [9.17, 15) is 0 Å². The van der Waals surface area contributed by atoms with E-state index in [-0.39, 0.29) is 5.88 Å². The van der Waals surface area contributed by atoms with Crippen molar-refractivity contribution in [3.63, 3.8) is 0 Å². The largest absolute Gasteiger partial charge is 0.386 e. The van der Waals surface area contributed by atoms with Crippen molar-refractivity contribution in [1.29, 1.82) is 0 Å². The summed E-state index contributed by atoms with van der Waals surface area (Å²) in [5, 5.41) is 0.598. The van der Waals surface area contributed by atoms with Gasteiger partial charge < -0.3 is 5.73 Å². The van der Waals surface area contributed by atoms with E-state index < -0.39 is 0 Å². The van der Waals surface area contributed by atoms with Crippen LogP contribution in [-0.4, -0.2) is 11.7 Å². The molecule has 14 heavy (non-hydrogen) atoms. The zero-order valence-electron chi connectivity index (χ0n) is 8.14. The Morgan fingerprint density at radius 3 is 2.50 bits per heavy atom. The van der Waals surface area contributed by atoms with E-state index in [1.807, 2.05) is 26.0 Å². The summed E-state index contributed by atoms with van der Waals surface area (Å²) >= 11 is 11.5. The molecular weight excluding hydrogens is 219 g/mol. The van der Waals surface area contributed by atoms with E-state index in [0.29, 0.717) is 16.5 Å². The van der Waals surface area contributed by atoms with E-state index >= 15 is 0 Å². The lowest BCUT2D eigenvalue weighted by Crippen LogP contribution is -2.12. The van der Waals surface area contributed by atoms with Crippen LogP contribution in [0.25, 0.3) is 0 Å². The monoisotopic (exact) mass is 230 g/mol. The fourth-order valence-electron chi connectivity index (χ4n) is 1.04. The molecule has 0 unspecified atom stereocenters. The molecule has 0 amide bonds. The van der Waals surface area contributed by atoms with Crippen LogP contribution < -0.4 is 5.73 Å². The summed E-state index contributed by atoms with van der Waals surface area (Å²) in [4.78, 5) is 4.11. The molecule has 1 rings (SSSR count). The Hall–Kier alpha value is -0.730. The molecule has 2 N–H and O–H groups in total. The quantitative estimate of drug-likeness (QED) is 0.473. The van der Waals surface area contributed by atoms with E-state index in [1.165, 1.54) is 0 Å². The first-order valence-corrected chi connectivity index (χ1v) is 5.11. The van der Waals surface area contributed by atoms with Crippen molar-refractivity contribution < 1.29 is 0 Å². The van der Waals surface area contributed by atoms with Crippen LogP contribution in [0, 0.1) is 13.8 Å². The van der Waals surface area contributed by atoms with Crippen LogP contribution in [0.4, 0.5) is 5.69 Å². The first-order chi connectivity index (χ1) is 6.54. The summed E-state index contributed by atoms with van der Waals surface area (Å²) in [6, 6.07) is 3.77. The van der Waals surface area contributed by atoms with Crippen LogP contribution in [-0.2, 0) is 0 Å². The smallest absolute Gasteiger partial charge is 0.115 e. The second-order valence-electron chi connectivity index (χ2n) is 3.12. The Labute approximate surface area is 93.7 Å². The van der Waals surface area contributed by atoms with Gasteiger partial charge >= 0.3 is 0 Å². The highest BCUT2D eigenvalue weighted by Crippen LogP contribution is 2.28. The number of halogens is 2. The van der Waals surface area contributed by atoms with E-state index in [1.54, 1.807) is 0 Å². The molecule has 0 spiro atoms. The van der Waals surface area contributed by atoms with Gasteiger partial charge in [0, 0.05) is 0 Å². The van der Waals surface area contributed by atoms with Gasteiger partial charge in [0.05, 0.1) is 16.6 Å². The number of nitrogens with two attached hydrogens (primary N) is 1. The van der Waals surface area contributed by atoms with Gasteiger partial charge in [-0.3, -0.25) is 0 Å². The molecule has 0 bridgehead atoms. The summed E-state index contributed by atoms with van der Waals surface area (Å²) in [6.07, 6.45) is 0. The van der Waals surface area contributed by atoms with Gasteiger partial charge in [-0.15, -0.1) is 11.6 Å².